The Bertz CT molecular complexity index is 62.0. The zero-order valence-electron chi connectivity index (χ0n) is 3.90. The van der Waals surface area contributed by atoms with Crippen LogP contribution in [0.25, 0.3) is 0 Å². The summed E-state index contributed by atoms with van der Waals surface area (Å²) < 4.78 is 33.3. The molecule has 0 fully saturated rings. The molecule has 0 aliphatic rings. The summed E-state index contributed by atoms with van der Waals surface area (Å²) in [6.07, 6.45) is -4.15. The first-order valence-electron chi connectivity index (χ1n) is 1.81. The highest BCUT2D eigenvalue weighted by Gasteiger charge is 2.26. The van der Waals surface area contributed by atoms with Crippen LogP contribution in [0.1, 0.15) is 0 Å². The molecule has 0 aromatic carbocycles. The Balaban J connectivity index is 3.11. The topological polar surface area (TPSA) is 20.2 Å². The van der Waals surface area contributed by atoms with Crippen molar-refractivity contribution in [2.75, 3.05) is 11.7 Å². The molecule has 0 saturated heterocycles. The first kappa shape index (κ1) is 8.10. The van der Waals surface area contributed by atoms with Gasteiger partial charge in [-0.1, -0.05) is 0 Å². The standard InChI is InChI=1S/C3H5F3OS/c4-3(5,6)1-8-2-7/h7H,1-2H2. The molecule has 1 N–H and O–H groups in total. The van der Waals surface area contributed by atoms with Crippen molar-refractivity contribution in [1.29, 1.82) is 0 Å². The lowest BCUT2D eigenvalue weighted by atomic mass is 10.8. The molecule has 0 rings (SSSR count). The van der Waals surface area contributed by atoms with E-state index in [1.54, 1.807) is 0 Å². The normalized spacial score (nSPS) is 12.0. The molecule has 0 radical (unpaired) electrons. The van der Waals surface area contributed by atoms with Crippen molar-refractivity contribution in [1.82, 2.24) is 0 Å². The molecule has 0 atom stereocenters. The fraction of sp³-hybridized carbons (Fsp3) is 1.00. The third-order valence-electron chi connectivity index (χ3n) is 0.357. The van der Waals surface area contributed by atoms with Gasteiger partial charge in [0.25, 0.3) is 0 Å². The summed E-state index contributed by atoms with van der Waals surface area (Å²) in [5.74, 6) is -1.44. The number of hydrogen-bond acceptors (Lipinski definition) is 2. The first-order valence-corrected chi connectivity index (χ1v) is 2.97. The van der Waals surface area contributed by atoms with Crippen molar-refractivity contribution in [3.8, 4) is 0 Å². The van der Waals surface area contributed by atoms with Gasteiger partial charge in [-0.2, -0.15) is 13.2 Å². The molecule has 0 bridgehead atoms. The number of aliphatic hydroxyl groups is 1. The van der Waals surface area contributed by atoms with Crippen molar-refractivity contribution in [3.63, 3.8) is 0 Å². The molecule has 0 spiro atoms. The molecule has 0 aliphatic carbocycles. The third kappa shape index (κ3) is 6.10. The summed E-state index contributed by atoms with van der Waals surface area (Å²) in [7, 11) is 0. The Morgan fingerprint density at radius 3 is 2.00 bits per heavy atom. The minimum Gasteiger partial charge on any atom is -0.386 e. The number of hydrogen-bond donors (Lipinski definition) is 1. The molecule has 0 aromatic rings. The van der Waals surface area contributed by atoms with Crippen LogP contribution in [0.2, 0.25) is 0 Å². The van der Waals surface area contributed by atoms with Crippen LogP contribution >= 0.6 is 11.8 Å². The van der Waals surface area contributed by atoms with E-state index in [2.05, 4.69) is 0 Å². The monoisotopic (exact) mass is 146 g/mol. The lowest BCUT2D eigenvalue weighted by Gasteiger charge is -2.01. The van der Waals surface area contributed by atoms with Crippen LogP contribution in [-0.2, 0) is 0 Å². The molecule has 0 aromatic heterocycles. The minimum atomic E-state index is -4.15. The van der Waals surface area contributed by atoms with Gasteiger partial charge in [-0.3, -0.25) is 0 Å². The maximum absolute atomic E-state index is 11.1. The van der Waals surface area contributed by atoms with Crippen LogP contribution in [0.15, 0.2) is 0 Å². The molecular weight excluding hydrogens is 141 g/mol. The van der Waals surface area contributed by atoms with Crippen molar-refractivity contribution in [3.05, 3.63) is 0 Å². The average molecular weight is 146 g/mol. The maximum Gasteiger partial charge on any atom is 0.397 e. The van der Waals surface area contributed by atoms with E-state index in [0.717, 1.165) is 0 Å². The molecule has 50 valence electrons. The second-order valence-corrected chi connectivity index (χ2v) is 2.05. The summed E-state index contributed by atoms with van der Waals surface area (Å²) >= 11 is 0.446. The lowest BCUT2D eigenvalue weighted by Crippen LogP contribution is -2.10. The van der Waals surface area contributed by atoms with Crippen LogP contribution in [0.4, 0.5) is 13.2 Å². The summed E-state index contributed by atoms with van der Waals surface area (Å²) in [5, 5.41) is 7.89. The molecule has 0 unspecified atom stereocenters. The van der Waals surface area contributed by atoms with Gasteiger partial charge in [-0.15, -0.1) is 11.8 Å². The van der Waals surface area contributed by atoms with E-state index >= 15 is 0 Å². The van der Waals surface area contributed by atoms with Crippen LogP contribution in [0.3, 0.4) is 0 Å². The second kappa shape index (κ2) is 3.19. The van der Waals surface area contributed by atoms with Gasteiger partial charge in [0.1, 0.15) is 0 Å². The van der Waals surface area contributed by atoms with E-state index in [-0.39, 0.29) is 0 Å². The molecule has 1 nitrogen and oxygen atoms in total. The van der Waals surface area contributed by atoms with Gasteiger partial charge in [0, 0.05) is 0 Å². The Kier molecular flexibility index (Phi) is 3.23. The van der Waals surface area contributed by atoms with Gasteiger partial charge in [0.05, 0.1) is 11.7 Å². The van der Waals surface area contributed by atoms with E-state index in [0.29, 0.717) is 11.8 Å². The van der Waals surface area contributed by atoms with Crippen molar-refractivity contribution in [2.24, 2.45) is 0 Å². The van der Waals surface area contributed by atoms with Gasteiger partial charge in [-0.25, -0.2) is 0 Å². The summed E-state index contributed by atoms with van der Waals surface area (Å²) in [5.41, 5.74) is 0. The Morgan fingerprint density at radius 2 is 1.88 bits per heavy atom. The van der Waals surface area contributed by atoms with Gasteiger partial charge in [0.15, 0.2) is 0 Å². The van der Waals surface area contributed by atoms with E-state index < -0.39 is 17.9 Å². The van der Waals surface area contributed by atoms with Crippen LogP contribution in [-0.4, -0.2) is 23.0 Å². The number of rotatable bonds is 2. The highest BCUT2D eigenvalue weighted by molar-refractivity contribution is 7.99. The molecule has 0 amide bonds. The molecule has 5 heteroatoms. The number of halogens is 3. The fourth-order valence-electron chi connectivity index (χ4n) is 0.161. The van der Waals surface area contributed by atoms with Crippen molar-refractivity contribution in [2.45, 2.75) is 6.18 Å². The van der Waals surface area contributed by atoms with E-state index in [1.165, 1.54) is 0 Å². The summed E-state index contributed by atoms with van der Waals surface area (Å²) in [6.45, 7) is 0. The van der Waals surface area contributed by atoms with Gasteiger partial charge in [-0.05, 0) is 0 Å². The Morgan fingerprint density at radius 1 is 1.38 bits per heavy atom. The van der Waals surface area contributed by atoms with E-state index in [9.17, 15) is 13.2 Å². The second-order valence-electron chi connectivity index (χ2n) is 1.09. The molecule has 0 saturated carbocycles. The van der Waals surface area contributed by atoms with E-state index in [4.69, 9.17) is 5.11 Å². The largest absolute Gasteiger partial charge is 0.397 e. The molecular formula is C3H5F3OS. The first-order chi connectivity index (χ1) is 3.56. The highest BCUT2D eigenvalue weighted by Crippen LogP contribution is 2.19. The van der Waals surface area contributed by atoms with Gasteiger partial charge >= 0.3 is 6.18 Å². The van der Waals surface area contributed by atoms with Gasteiger partial charge < -0.3 is 5.11 Å². The minimum absolute atomic E-state index is 0.446. The van der Waals surface area contributed by atoms with Gasteiger partial charge in [0.2, 0.25) is 0 Å². The smallest absolute Gasteiger partial charge is 0.386 e. The lowest BCUT2D eigenvalue weighted by molar-refractivity contribution is -0.105. The van der Waals surface area contributed by atoms with Crippen LogP contribution in [0.5, 0.6) is 0 Å². The molecule has 8 heavy (non-hydrogen) atoms. The Hall–Kier alpha value is 0.100. The predicted molar refractivity (Wildman–Crippen MR) is 25.6 cm³/mol. The average Bonchev–Trinajstić information content (AvgIpc) is 1.59. The molecule has 0 aliphatic heterocycles. The van der Waals surface area contributed by atoms with Crippen molar-refractivity contribution >= 4 is 11.8 Å². The Labute approximate surface area is 48.9 Å². The number of aliphatic hydroxyl groups excluding tert-OH is 1. The summed E-state index contributed by atoms with van der Waals surface area (Å²) in [4.78, 5) is 0. The van der Waals surface area contributed by atoms with Crippen LogP contribution in [0, 0.1) is 0 Å². The molecule has 0 heterocycles. The van der Waals surface area contributed by atoms with Crippen molar-refractivity contribution < 1.29 is 18.3 Å². The quantitative estimate of drug-likeness (QED) is 0.591. The zero-order chi connectivity index (χ0) is 6.62. The highest BCUT2D eigenvalue weighted by atomic mass is 32.2. The third-order valence-corrected chi connectivity index (χ3v) is 1.07. The number of thioether (sulfide) groups is 1. The maximum atomic E-state index is 11.1. The predicted octanol–water partition coefficient (Wildman–Crippen LogP) is 1.23. The van der Waals surface area contributed by atoms with Crippen LogP contribution < -0.4 is 0 Å². The summed E-state index contributed by atoms with van der Waals surface area (Å²) in [6, 6.07) is 0. The fourth-order valence-corrected chi connectivity index (χ4v) is 0.484. The van der Waals surface area contributed by atoms with E-state index in [1.807, 2.05) is 0 Å². The zero-order valence-corrected chi connectivity index (χ0v) is 4.72. The number of alkyl halides is 3. The SMILES string of the molecule is OCSCC(F)(F)F.